The van der Waals surface area contributed by atoms with Crippen molar-refractivity contribution in [1.82, 2.24) is 0 Å². The summed E-state index contributed by atoms with van der Waals surface area (Å²) in [5, 5.41) is 0. The van der Waals surface area contributed by atoms with Gasteiger partial charge in [0, 0.05) is 11.7 Å². The third-order valence-electron chi connectivity index (χ3n) is 1.98. The highest BCUT2D eigenvalue weighted by Crippen LogP contribution is 2.15. The average molecular weight is 182 g/mol. The van der Waals surface area contributed by atoms with Crippen LogP contribution < -0.4 is 11.5 Å². The Bertz CT molecular complexity index is 284. The predicted octanol–water partition coefficient (Wildman–Crippen LogP) is 1.69. The molecule has 1 atom stereocenters. The molecule has 0 spiro atoms. The van der Waals surface area contributed by atoms with Crippen molar-refractivity contribution in [3.05, 3.63) is 29.6 Å². The Labute approximate surface area is 77.7 Å². The maximum Gasteiger partial charge on any atom is 0.125 e. The Morgan fingerprint density at radius 3 is 2.69 bits per heavy atom. The van der Waals surface area contributed by atoms with E-state index in [1.807, 2.05) is 6.92 Å². The summed E-state index contributed by atoms with van der Waals surface area (Å²) in [6.45, 7) is 1.94. The van der Waals surface area contributed by atoms with E-state index in [-0.39, 0.29) is 11.9 Å². The number of rotatable bonds is 3. The van der Waals surface area contributed by atoms with Gasteiger partial charge < -0.3 is 11.5 Å². The summed E-state index contributed by atoms with van der Waals surface area (Å²) < 4.78 is 12.6. The molecule has 2 nitrogen and oxygen atoms in total. The van der Waals surface area contributed by atoms with Gasteiger partial charge in [-0.2, -0.15) is 0 Å². The highest BCUT2D eigenvalue weighted by molar-refractivity contribution is 5.46. The van der Waals surface area contributed by atoms with Crippen LogP contribution in [-0.2, 0) is 6.42 Å². The molecule has 0 aliphatic heterocycles. The number of hydrogen-bond acceptors (Lipinski definition) is 2. The summed E-state index contributed by atoms with van der Waals surface area (Å²) in [5.41, 5.74) is 12.7. The zero-order valence-corrected chi connectivity index (χ0v) is 7.76. The van der Waals surface area contributed by atoms with Gasteiger partial charge in [-0.1, -0.05) is 6.07 Å². The van der Waals surface area contributed by atoms with Gasteiger partial charge in [-0.3, -0.25) is 0 Å². The molecule has 72 valence electrons. The van der Waals surface area contributed by atoms with E-state index in [4.69, 9.17) is 11.5 Å². The standard InChI is InChI=1S/C10H15FN2/c1-7(12)2-3-8-4-5-9(11)6-10(8)13/h4-7H,2-3,12-13H2,1H3/t7-/m1/s1. The lowest BCUT2D eigenvalue weighted by atomic mass is 10.0. The van der Waals surface area contributed by atoms with Gasteiger partial charge in [0.15, 0.2) is 0 Å². The molecule has 1 aromatic carbocycles. The van der Waals surface area contributed by atoms with Gasteiger partial charge in [-0.05, 0) is 37.5 Å². The molecule has 13 heavy (non-hydrogen) atoms. The van der Waals surface area contributed by atoms with E-state index in [0.29, 0.717) is 5.69 Å². The van der Waals surface area contributed by atoms with E-state index in [9.17, 15) is 4.39 Å². The summed E-state index contributed by atoms with van der Waals surface area (Å²) in [7, 11) is 0. The molecule has 0 aliphatic carbocycles. The molecule has 1 aromatic rings. The van der Waals surface area contributed by atoms with E-state index in [1.165, 1.54) is 12.1 Å². The summed E-state index contributed by atoms with van der Waals surface area (Å²) in [4.78, 5) is 0. The molecule has 0 saturated carbocycles. The molecular formula is C10H15FN2. The van der Waals surface area contributed by atoms with Gasteiger partial charge in [-0.15, -0.1) is 0 Å². The van der Waals surface area contributed by atoms with Gasteiger partial charge in [0.05, 0.1) is 0 Å². The molecule has 0 fully saturated rings. The number of hydrogen-bond donors (Lipinski definition) is 2. The van der Waals surface area contributed by atoms with Crippen LogP contribution in [0.3, 0.4) is 0 Å². The summed E-state index contributed by atoms with van der Waals surface area (Å²) in [6.07, 6.45) is 1.68. The van der Waals surface area contributed by atoms with Crippen molar-refractivity contribution in [1.29, 1.82) is 0 Å². The van der Waals surface area contributed by atoms with Crippen molar-refractivity contribution >= 4 is 5.69 Å². The number of benzene rings is 1. The molecule has 1 rings (SSSR count). The third-order valence-corrected chi connectivity index (χ3v) is 1.98. The van der Waals surface area contributed by atoms with Gasteiger partial charge in [0.1, 0.15) is 5.82 Å². The van der Waals surface area contributed by atoms with Gasteiger partial charge in [-0.25, -0.2) is 4.39 Å². The van der Waals surface area contributed by atoms with Crippen molar-refractivity contribution in [2.75, 3.05) is 5.73 Å². The van der Waals surface area contributed by atoms with Crippen LogP contribution in [0.25, 0.3) is 0 Å². The van der Waals surface area contributed by atoms with Gasteiger partial charge in [0.2, 0.25) is 0 Å². The molecule has 0 radical (unpaired) electrons. The fourth-order valence-corrected chi connectivity index (χ4v) is 1.18. The van der Waals surface area contributed by atoms with Crippen LogP contribution in [0.4, 0.5) is 10.1 Å². The smallest absolute Gasteiger partial charge is 0.125 e. The quantitative estimate of drug-likeness (QED) is 0.699. The number of halogens is 1. The molecule has 0 amide bonds. The van der Waals surface area contributed by atoms with Crippen molar-refractivity contribution in [2.45, 2.75) is 25.8 Å². The Morgan fingerprint density at radius 1 is 1.46 bits per heavy atom. The van der Waals surface area contributed by atoms with Crippen molar-refractivity contribution < 1.29 is 4.39 Å². The van der Waals surface area contributed by atoms with E-state index in [0.717, 1.165) is 18.4 Å². The molecule has 0 aliphatic rings. The second-order valence-corrected chi connectivity index (χ2v) is 3.36. The Kier molecular flexibility index (Phi) is 3.25. The molecule has 0 saturated heterocycles. The zero-order valence-electron chi connectivity index (χ0n) is 7.76. The minimum atomic E-state index is -0.290. The lowest BCUT2D eigenvalue weighted by Crippen LogP contribution is -2.15. The van der Waals surface area contributed by atoms with E-state index in [2.05, 4.69) is 0 Å². The number of nitrogens with two attached hydrogens (primary N) is 2. The Morgan fingerprint density at radius 2 is 2.15 bits per heavy atom. The lowest BCUT2D eigenvalue weighted by molar-refractivity contribution is 0.626. The summed E-state index contributed by atoms with van der Waals surface area (Å²) in [6, 6.07) is 4.64. The zero-order chi connectivity index (χ0) is 9.84. The van der Waals surface area contributed by atoms with Crippen LogP contribution in [0, 0.1) is 5.82 Å². The molecule has 4 N–H and O–H groups in total. The van der Waals surface area contributed by atoms with Gasteiger partial charge in [0.25, 0.3) is 0 Å². The minimum Gasteiger partial charge on any atom is -0.398 e. The maximum absolute atomic E-state index is 12.6. The van der Waals surface area contributed by atoms with E-state index >= 15 is 0 Å². The first kappa shape index (κ1) is 9.99. The fourth-order valence-electron chi connectivity index (χ4n) is 1.18. The van der Waals surface area contributed by atoms with Crippen LogP contribution in [0.15, 0.2) is 18.2 Å². The first-order valence-electron chi connectivity index (χ1n) is 4.39. The third kappa shape index (κ3) is 3.03. The van der Waals surface area contributed by atoms with Crippen molar-refractivity contribution in [2.24, 2.45) is 5.73 Å². The molecule has 0 heterocycles. The van der Waals surface area contributed by atoms with Crippen molar-refractivity contribution in [3.8, 4) is 0 Å². The maximum atomic E-state index is 12.6. The van der Waals surface area contributed by atoms with Crippen LogP contribution in [0.2, 0.25) is 0 Å². The van der Waals surface area contributed by atoms with E-state index in [1.54, 1.807) is 6.07 Å². The number of anilines is 1. The molecular weight excluding hydrogens is 167 g/mol. The number of nitrogen functional groups attached to an aromatic ring is 1. The van der Waals surface area contributed by atoms with Crippen LogP contribution in [-0.4, -0.2) is 6.04 Å². The summed E-state index contributed by atoms with van der Waals surface area (Å²) in [5.74, 6) is -0.290. The molecule has 3 heteroatoms. The lowest BCUT2D eigenvalue weighted by Gasteiger charge is -2.07. The largest absolute Gasteiger partial charge is 0.398 e. The normalized spacial score (nSPS) is 12.8. The number of aryl methyl sites for hydroxylation is 1. The second-order valence-electron chi connectivity index (χ2n) is 3.36. The van der Waals surface area contributed by atoms with Gasteiger partial charge >= 0.3 is 0 Å². The second kappa shape index (κ2) is 4.23. The highest BCUT2D eigenvalue weighted by Gasteiger charge is 2.02. The summed E-state index contributed by atoms with van der Waals surface area (Å²) >= 11 is 0. The molecule has 0 bridgehead atoms. The van der Waals surface area contributed by atoms with Crippen LogP contribution in [0.1, 0.15) is 18.9 Å². The Balaban J connectivity index is 2.67. The average Bonchev–Trinajstić information content (AvgIpc) is 2.02. The fraction of sp³-hybridized carbons (Fsp3) is 0.400. The minimum absolute atomic E-state index is 0.157. The first-order valence-corrected chi connectivity index (χ1v) is 4.39. The van der Waals surface area contributed by atoms with Crippen LogP contribution >= 0.6 is 0 Å². The van der Waals surface area contributed by atoms with Crippen molar-refractivity contribution in [3.63, 3.8) is 0 Å². The molecule has 0 unspecified atom stereocenters. The van der Waals surface area contributed by atoms with Crippen LogP contribution in [0.5, 0.6) is 0 Å². The SMILES string of the molecule is C[C@@H](N)CCc1ccc(F)cc1N. The van der Waals surface area contributed by atoms with E-state index < -0.39 is 0 Å². The first-order chi connectivity index (χ1) is 6.09. The Hall–Kier alpha value is -1.09. The monoisotopic (exact) mass is 182 g/mol. The molecule has 0 aromatic heterocycles. The predicted molar refractivity (Wildman–Crippen MR) is 52.8 cm³/mol. The topological polar surface area (TPSA) is 52.0 Å². The highest BCUT2D eigenvalue weighted by atomic mass is 19.1.